The molecule has 0 fully saturated rings. The second-order valence-electron chi connectivity index (χ2n) is 7.43. The van der Waals surface area contributed by atoms with Crippen LogP contribution in [0.25, 0.3) is 10.9 Å². The number of benzene rings is 3. The van der Waals surface area contributed by atoms with Crippen LogP contribution in [0.5, 0.6) is 5.75 Å². The number of rotatable bonds is 11. The van der Waals surface area contributed by atoms with Crippen LogP contribution in [0.2, 0.25) is 0 Å². The van der Waals surface area contributed by atoms with Gasteiger partial charge in [-0.1, -0.05) is 24.3 Å². The maximum absolute atomic E-state index is 13.1. The van der Waals surface area contributed by atoms with E-state index in [1.165, 1.54) is 12.1 Å². The van der Waals surface area contributed by atoms with Gasteiger partial charge in [-0.25, -0.2) is 9.18 Å². The van der Waals surface area contributed by atoms with E-state index in [0.29, 0.717) is 30.9 Å². The first-order valence-electron chi connectivity index (χ1n) is 10.7. The van der Waals surface area contributed by atoms with Crippen molar-refractivity contribution in [2.75, 3.05) is 31.6 Å². The second kappa shape index (κ2) is 11.1. The number of hydrogen-bond donors (Lipinski definition) is 3. The Kier molecular flexibility index (Phi) is 7.50. The highest BCUT2D eigenvalue weighted by molar-refractivity contribution is 5.91. The first-order chi connectivity index (χ1) is 16.2. The molecule has 0 amide bonds. The van der Waals surface area contributed by atoms with Crippen molar-refractivity contribution in [3.05, 3.63) is 90.4 Å². The number of nitrogens with one attached hydrogen (secondary N) is 3. The molecule has 7 nitrogen and oxygen atoms in total. The van der Waals surface area contributed by atoms with E-state index in [1.807, 2.05) is 24.3 Å². The molecule has 1 heterocycles. The quantitative estimate of drug-likeness (QED) is 0.237. The van der Waals surface area contributed by atoms with Gasteiger partial charge < -0.3 is 20.1 Å². The molecule has 0 saturated carbocycles. The fraction of sp³-hybridized carbons (Fsp3) is 0.200. The third-order valence-corrected chi connectivity index (χ3v) is 5.01. The summed E-state index contributed by atoms with van der Waals surface area (Å²) in [6.45, 7) is 1.85. The lowest BCUT2D eigenvalue weighted by atomic mass is 10.2. The van der Waals surface area contributed by atoms with Crippen LogP contribution in [-0.2, 0) is 4.74 Å². The lowest BCUT2D eigenvalue weighted by molar-refractivity contribution is 0.0179. The molecule has 1 atom stereocenters. The highest BCUT2D eigenvalue weighted by Gasteiger charge is 2.17. The van der Waals surface area contributed by atoms with Crippen molar-refractivity contribution in [2.24, 2.45) is 0 Å². The van der Waals surface area contributed by atoms with Crippen molar-refractivity contribution in [1.82, 2.24) is 15.5 Å². The molecule has 0 aliphatic rings. The molecular weight excluding hydrogens is 423 g/mol. The molecule has 0 aliphatic heterocycles. The van der Waals surface area contributed by atoms with Crippen LogP contribution in [0.15, 0.2) is 79.0 Å². The van der Waals surface area contributed by atoms with Crippen LogP contribution in [0.1, 0.15) is 10.4 Å². The number of hydrogen-bond acceptors (Lipinski definition) is 6. The Labute approximate surface area is 190 Å². The normalized spacial score (nSPS) is 11.8. The Morgan fingerprint density at radius 1 is 1.00 bits per heavy atom. The summed E-state index contributed by atoms with van der Waals surface area (Å²) in [5.41, 5.74) is 2.44. The van der Waals surface area contributed by atoms with Gasteiger partial charge in [0.1, 0.15) is 24.3 Å². The molecule has 0 spiro atoms. The largest absolute Gasteiger partial charge is 0.490 e. The number of esters is 1. The van der Waals surface area contributed by atoms with E-state index in [2.05, 4.69) is 20.8 Å². The molecule has 1 aromatic heterocycles. The van der Waals surface area contributed by atoms with Crippen LogP contribution in [0.3, 0.4) is 0 Å². The summed E-state index contributed by atoms with van der Waals surface area (Å²) < 4.78 is 24.5. The Morgan fingerprint density at radius 2 is 1.82 bits per heavy atom. The summed E-state index contributed by atoms with van der Waals surface area (Å²) in [6, 6.07) is 20.5. The van der Waals surface area contributed by atoms with Crippen molar-refractivity contribution in [3.63, 3.8) is 0 Å². The Bertz CT molecular complexity index is 1170. The van der Waals surface area contributed by atoms with E-state index in [-0.39, 0.29) is 12.4 Å². The lowest BCUT2D eigenvalue weighted by Crippen LogP contribution is -2.37. The lowest BCUT2D eigenvalue weighted by Gasteiger charge is -2.19. The minimum absolute atomic E-state index is 0.138. The van der Waals surface area contributed by atoms with Crippen LogP contribution in [0.4, 0.5) is 10.1 Å². The van der Waals surface area contributed by atoms with Gasteiger partial charge in [-0.05, 0) is 48.5 Å². The van der Waals surface area contributed by atoms with Gasteiger partial charge in [0.15, 0.2) is 0 Å². The fourth-order valence-corrected chi connectivity index (χ4v) is 3.32. The summed E-state index contributed by atoms with van der Waals surface area (Å²) in [5, 5.41) is 14.7. The molecule has 3 aromatic carbocycles. The molecule has 3 N–H and O–H groups in total. The topological polar surface area (TPSA) is 88.3 Å². The zero-order valence-electron chi connectivity index (χ0n) is 18.0. The average Bonchev–Trinajstić information content (AvgIpc) is 3.33. The fourth-order valence-electron chi connectivity index (χ4n) is 3.32. The number of carbonyl (C=O) groups is 1. The molecule has 4 aromatic rings. The predicted octanol–water partition coefficient (Wildman–Crippen LogP) is 4.01. The van der Waals surface area contributed by atoms with E-state index in [9.17, 15) is 9.18 Å². The summed E-state index contributed by atoms with van der Waals surface area (Å²) in [4.78, 5) is 12.5. The number of halogens is 1. The minimum atomic E-state index is -0.528. The molecule has 0 radical (unpaired) electrons. The van der Waals surface area contributed by atoms with Gasteiger partial charge >= 0.3 is 5.97 Å². The van der Waals surface area contributed by atoms with E-state index >= 15 is 0 Å². The number of nitrogens with zero attached hydrogens (tertiary/aromatic N) is 1. The molecule has 8 heteroatoms. The average molecular weight is 448 g/mol. The first kappa shape index (κ1) is 22.3. The molecular formula is C25H25FN4O3. The van der Waals surface area contributed by atoms with E-state index in [1.54, 1.807) is 42.6 Å². The molecule has 0 saturated heterocycles. The predicted molar refractivity (Wildman–Crippen MR) is 125 cm³/mol. The summed E-state index contributed by atoms with van der Waals surface area (Å²) >= 11 is 0. The van der Waals surface area contributed by atoms with Crippen LogP contribution >= 0.6 is 0 Å². The number of H-pyrrole nitrogens is 1. The number of aromatic nitrogens is 2. The van der Waals surface area contributed by atoms with Gasteiger partial charge in [-0.15, -0.1) is 0 Å². The minimum Gasteiger partial charge on any atom is -0.490 e. The zero-order chi connectivity index (χ0) is 22.9. The smallest absolute Gasteiger partial charge is 0.338 e. The Balaban J connectivity index is 1.29. The number of fused-ring (bicyclic) bond motifs is 1. The van der Waals surface area contributed by atoms with Crippen molar-refractivity contribution in [3.8, 4) is 5.75 Å². The molecule has 33 heavy (non-hydrogen) atoms. The number of aromatic amines is 1. The third-order valence-electron chi connectivity index (χ3n) is 5.01. The van der Waals surface area contributed by atoms with Gasteiger partial charge in [0, 0.05) is 30.7 Å². The molecule has 0 aliphatic carbocycles. The molecule has 1 unspecified atom stereocenters. The number of ether oxygens (including phenoxy) is 2. The maximum atomic E-state index is 13.1. The van der Waals surface area contributed by atoms with Crippen LogP contribution in [-0.4, -0.2) is 48.5 Å². The van der Waals surface area contributed by atoms with E-state index < -0.39 is 12.1 Å². The van der Waals surface area contributed by atoms with Crippen molar-refractivity contribution in [1.29, 1.82) is 0 Å². The zero-order valence-corrected chi connectivity index (χ0v) is 18.0. The highest BCUT2D eigenvalue weighted by atomic mass is 19.1. The third kappa shape index (κ3) is 6.30. The van der Waals surface area contributed by atoms with E-state index in [0.717, 1.165) is 16.6 Å². The number of carbonyl (C=O) groups excluding carboxylic acids is 1. The summed E-state index contributed by atoms with van der Waals surface area (Å²) in [6.07, 6.45) is 1.26. The Morgan fingerprint density at radius 3 is 2.64 bits per heavy atom. The van der Waals surface area contributed by atoms with Crippen molar-refractivity contribution < 1.29 is 18.7 Å². The van der Waals surface area contributed by atoms with Crippen LogP contribution in [0, 0.1) is 5.82 Å². The SMILES string of the molecule is O=C(OC(CNCCNc1cccc2[nH]ncc12)COc1ccc(F)cc1)c1ccccc1. The maximum Gasteiger partial charge on any atom is 0.338 e. The van der Waals surface area contributed by atoms with Gasteiger partial charge in [0.2, 0.25) is 0 Å². The van der Waals surface area contributed by atoms with Gasteiger partial charge in [-0.3, -0.25) is 5.10 Å². The van der Waals surface area contributed by atoms with Crippen LogP contribution < -0.4 is 15.4 Å². The molecule has 0 bridgehead atoms. The standard InChI is InChI=1S/C25H25FN4O3/c26-19-9-11-20(12-10-19)32-17-21(33-25(31)18-5-2-1-3-6-18)15-27-13-14-28-23-7-4-8-24-22(23)16-29-30-24/h1-12,16,21,27-28H,13-15,17H2,(H,29,30). The summed E-state index contributed by atoms with van der Waals surface area (Å²) in [5.74, 6) is -0.253. The Hall–Kier alpha value is -3.91. The van der Waals surface area contributed by atoms with Gasteiger partial charge in [-0.2, -0.15) is 5.10 Å². The first-order valence-corrected chi connectivity index (χ1v) is 10.7. The highest BCUT2D eigenvalue weighted by Crippen LogP contribution is 2.20. The van der Waals surface area contributed by atoms with Crippen molar-refractivity contribution >= 4 is 22.6 Å². The molecule has 4 rings (SSSR count). The number of anilines is 1. The van der Waals surface area contributed by atoms with Gasteiger partial charge in [0.25, 0.3) is 0 Å². The monoisotopic (exact) mass is 448 g/mol. The van der Waals surface area contributed by atoms with Crippen molar-refractivity contribution in [2.45, 2.75) is 6.10 Å². The molecule has 170 valence electrons. The van der Waals surface area contributed by atoms with Gasteiger partial charge in [0.05, 0.1) is 17.3 Å². The summed E-state index contributed by atoms with van der Waals surface area (Å²) in [7, 11) is 0. The second-order valence-corrected chi connectivity index (χ2v) is 7.43. The van der Waals surface area contributed by atoms with E-state index in [4.69, 9.17) is 9.47 Å².